The molecule has 1 atom stereocenters. The lowest BCUT2D eigenvalue weighted by Gasteiger charge is -2.19. The maximum atomic E-state index is 10.7. The van der Waals surface area contributed by atoms with Crippen molar-refractivity contribution in [1.29, 1.82) is 0 Å². The van der Waals surface area contributed by atoms with Crippen molar-refractivity contribution in [3.05, 3.63) is 63.1 Å². The van der Waals surface area contributed by atoms with Crippen molar-refractivity contribution in [2.75, 3.05) is 7.11 Å². The van der Waals surface area contributed by atoms with E-state index in [-0.39, 0.29) is 0 Å². The Morgan fingerprint density at radius 1 is 1.20 bits per heavy atom. The summed E-state index contributed by atoms with van der Waals surface area (Å²) in [4.78, 5) is 0. The molecule has 0 saturated carbocycles. The van der Waals surface area contributed by atoms with Crippen LogP contribution in [-0.4, -0.2) is 12.2 Å². The lowest BCUT2D eigenvalue weighted by molar-refractivity contribution is 0.213. The Kier molecular flexibility index (Phi) is 4.84. The van der Waals surface area contributed by atoms with Crippen molar-refractivity contribution < 1.29 is 9.84 Å². The standard InChI is InChI=1S/C17H19BrO2/c1-4-12-7-5-6-8-13(12)17(19)14-10-15(18)11(2)9-16(14)20-3/h5-10,17,19H,4H2,1-3H3. The third-order valence-corrected chi connectivity index (χ3v) is 4.39. The highest BCUT2D eigenvalue weighted by molar-refractivity contribution is 9.10. The summed E-state index contributed by atoms with van der Waals surface area (Å²) in [6, 6.07) is 11.8. The van der Waals surface area contributed by atoms with Crippen LogP contribution in [0.15, 0.2) is 40.9 Å². The number of rotatable bonds is 4. The lowest BCUT2D eigenvalue weighted by Crippen LogP contribution is -2.06. The van der Waals surface area contributed by atoms with E-state index < -0.39 is 6.10 Å². The van der Waals surface area contributed by atoms with Gasteiger partial charge in [-0.2, -0.15) is 0 Å². The second-order valence-corrected chi connectivity index (χ2v) is 5.65. The van der Waals surface area contributed by atoms with E-state index in [1.165, 1.54) is 0 Å². The molecule has 0 bridgehead atoms. The third-order valence-electron chi connectivity index (χ3n) is 3.54. The number of aryl methyl sites for hydroxylation is 2. The van der Waals surface area contributed by atoms with Crippen LogP contribution in [-0.2, 0) is 6.42 Å². The Balaban J connectivity index is 2.52. The van der Waals surface area contributed by atoms with Crippen molar-refractivity contribution in [2.45, 2.75) is 26.4 Å². The zero-order valence-electron chi connectivity index (χ0n) is 12.0. The van der Waals surface area contributed by atoms with Gasteiger partial charge in [-0.15, -0.1) is 0 Å². The summed E-state index contributed by atoms with van der Waals surface area (Å²) in [7, 11) is 1.63. The predicted molar refractivity (Wildman–Crippen MR) is 85.3 cm³/mol. The van der Waals surface area contributed by atoms with E-state index in [0.717, 1.165) is 33.1 Å². The van der Waals surface area contributed by atoms with Gasteiger partial charge in [0.05, 0.1) is 7.11 Å². The Labute approximate surface area is 128 Å². The van der Waals surface area contributed by atoms with Crippen molar-refractivity contribution in [3.8, 4) is 5.75 Å². The molecule has 0 heterocycles. The van der Waals surface area contributed by atoms with Gasteiger partial charge in [0.2, 0.25) is 0 Å². The van der Waals surface area contributed by atoms with Gasteiger partial charge in [-0.1, -0.05) is 47.1 Å². The number of methoxy groups -OCH3 is 1. The van der Waals surface area contributed by atoms with Gasteiger partial charge in [0.25, 0.3) is 0 Å². The molecule has 106 valence electrons. The molecule has 0 aliphatic rings. The molecule has 0 radical (unpaired) electrons. The SMILES string of the molecule is CCc1ccccc1C(O)c1cc(Br)c(C)cc1OC. The molecule has 3 heteroatoms. The van der Waals surface area contributed by atoms with Gasteiger partial charge in [0, 0.05) is 10.0 Å². The Bertz CT molecular complexity index is 608. The molecule has 2 aromatic carbocycles. The first-order valence-corrected chi connectivity index (χ1v) is 7.47. The Morgan fingerprint density at radius 2 is 1.90 bits per heavy atom. The molecule has 2 aromatic rings. The molecule has 0 amide bonds. The molecule has 2 nitrogen and oxygen atoms in total. The predicted octanol–water partition coefficient (Wildman–Crippen LogP) is 4.41. The van der Waals surface area contributed by atoms with Gasteiger partial charge in [-0.3, -0.25) is 0 Å². The summed E-state index contributed by atoms with van der Waals surface area (Å²) < 4.78 is 6.39. The van der Waals surface area contributed by atoms with Gasteiger partial charge in [0.1, 0.15) is 11.9 Å². The molecule has 0 aliphatic carbocycles. The minimum atomic E-state index is -0.682. The largest absolute Gasteiger partial charge is 0.496 e. The molecule has 0 aliphatic heterocycles. The maximum absolute atomic E-state index is 10.7. The Hall–Kier alpha value is -1.32. The number of hydrogen-bond donors (Lipinski definition) is 1. The zero-order chi connectivity index (χ0) is 14.7. The quantitative estimate of drug-likeness (QED) is 0.897. The monoisotopic (exact) mass is 334 g/mol. The first-order chi connectivity index (χ1) is 9.58. The second-order valence-electron chi connectivity index (χ2n) is 4.80. The topological polar surface area (TPSA) is 29.5 Å². The highest BCUT2D eigenvalue weighted by Crippen LogP contribution is 2.35. The van der Waals surface area contributed by atoms with E-state index >= 15 is 0 Å². The molecule has 2 rings (SSSR count). The van der Waals surface area contributed by atoms with Crippen molar-refractivity contribution in [1.82, 2.24) is 0 Å². The first-order valence-electron chi connectivity index (χ1n) is 6.68. The smallest absolute Gasteiger partial charge is 0.125 e. The molecular formula is C17H19BrO2. The summed E-state index contributed by atoms with van der Waals surface area (Å²) in [5, 5.41) is 10.7. The second kappa shape index (κ2) is 6.42. The number of benzene rings is 2. The van der Waals surface area contributed by atoms with Crippen LogP contribution in [0.2, 0.25) is 0 Å². The van der Waals surface area contributed by atoms with E-state index in [1.807, 2.05) is 43.3 Å². The van der Waals surface area contributed by atoms with Gasteiger partial charge in [0.15, 0.2) is 0 Å². The number of aliphatic hydroxyl groups is 1. The van der Waals surface area contributed by atoms with E-state index in [9.17, 15) is 5.11 Å². The third kappa shape index (κ3) is 2.89. The van der Waals surface area contributed by atoms with Crippen LogP contribution in [0.3, 0.4) is 0 Å². The average Bonchev–Trinajstić information content (AvgIpc) is 2.48. The van der Waals surface area contributed by atoms with Crippen molar-refractivity contribution in [3.63, 3.8) is 0 Å². The fraction of sp³-hybridized carbons (Fsp3) is 0.294. The molecule has 1 unspecified atom stereocenters. The molecular weight excluding hydrogens is 316 g/mol. The minimum Gasteiger partial charge on any atom is -0.496 e. The summed E-state index contributed by atoms with van der Waals surface area (Å²) in [6.07, 6.45) is 0.209. The highest BCUT2D eigenvalue weighted by atomic mass is 79.9. The number of halogens is 1. The van der Waals surface area contributed by atoms with Crippen LogP contribution in [0.25, 0.3) is 0 Å². The molecule has 1 N–H and O–H groups in total. The van der Waals surface area contributed by atoms with Crippen LogP contribution in [0, 0.1) is 6.92 Å². The minimum absolute atomic E-state index is 0.682. The number of hydrogen-bond acceptors (Lipinski definition) is 2. The fourth-order valence-corrected chi connectivity index (χ4v) is 2.71. The molecule has 20 heavy (non-hydrogen) atoms. The number of ether oxygens (including phenoxy) is 1. The fourth-order valence-electron chi connectivity index (χ4n) is 2.35. The van der Waals surface area contributed by atoms with Crippen LogP contribution in [0.1, 0.15) is 35.3 Å². The van der Waals surface area contributed by atoms with Crippen molar-refractivity contribution >= 4 is 15.9 Å². The normalized spacial score (nSPS) is 12.2. The first kappa shape index (κ1) is 15.1. The summed E-state index contributed by atoms with van der Waals surface area (Å²) in [5.41, 5.74) is 3.95. The van der Waals surface area contributed by atoms with Gasteiger partial charge >= 0.3 is 0 Å². The molecule has 0 fully saturated rings. The maximum Gasteiger partial charge on any atom is 0.125 e. The highest BCUT2D eigenvalue weighted by Gasteiger charge is 2.19. The number of aliphatic hydroxyl groups excluding tert-OH is 1. The summed E-state index contributed by atoms with van der Waals surface area (Å²) in [5.74, 6) is 0.712. The van der Waals surface area contributed by atoms with Crippen LogP contribution < -0.4 is 4.74 Å². The average molecular weight is 335 g/mol. The van der Waals surface area contributed by atoms with E-state index in [2.05, 4.69) is 22.9 Å². The summed E-state index contributed by atoms with van der Waals surface area (Å²) in [6.45, 7) is 4.09. The van der Waals surface area contributed by atoms with Crippen LogP contribution in [0.5, 0.6) is 5.75 Å². The van der Waals surface area contributed by atoms with Crippen LogP contribution in [0.4, 0.5) is 0 Å². The molecule has 0 saturated heterocycles. The molecule has 0 aromatic heterocycles. The van der Waals surface area contributed by atoms with Crippen molar-refractivity contribution in [2.24, 2.45) is 0 Å². The summed E-state index contributed by atoms with van der Waals surface area (Å²) >= 11 is 3.52. The van der Waals surface area contributed by atoms with E-state index in [4.69, 9.17) is 4.74 Å². The van der Waals surface area contributed by atoms with Gasteiger partial charge in [-0.05, 0) is 42.2 Å². The molecule has 0 spiro atoms. The van der Waals surface area contributed by atoms with Crippen LogP contribution >= 0.6 is 15.9 Å². The Morgan fingerprint density at radius 3 is 2.55 bits per heavy atom. The van der Waals surface area contributed by atoms with Gasteiger partial charge < -0.3 is 9.84 Å². The zero-order valence-corrected chi connectivity index (χ0v) is 13.6. The van der Waals surface area contributed by atoms with Gasteiger partial charge in [-0.25, -0.2) is 0 Å². The van der Waals surface area contributed by atoms with E-state index in [0.29, 0.717) is 5.75 Å². The van der Waals surface area contributed by atoms with E-state index in [1.54, 1.807) is 7.11 Å². The lowest BCUT2D eigenvalue weighted by atomic mass is 9.94.